The molecule has 0 bridgehead atoms. The second-order valence-electron chi connectivity index (χ2n) is 4.95. The van der Waals surface area contributed by atoms with Crippen LogP contribution in [0.2, 0.25) is 0 Å². The molecule has 0 aliphatic carbocycles. The number of ether oxygens (including phenoxy) is 3. The third-order valence-corrected chi connectivity index (χ3v) is 4.10. The van der Waals surface area contributed by atoms with Crippen LogP contribution in [0.5, 0.6) is 11.5 Å². The van der Waals surface area contributed by atoms with Gasteiger partial charge in [-0.25, -0.2) is 9.79 Å². The van der Waals surface area contributed by atoms with Crippen LogP contribution in [0.4, 0.5) is 0 Å². The van der Waals surface area contributed by atoms with Crippen LogP contribution in [0.1, 0.15) is 11.1 Å². The fraction of sp³-hybridized carbons (Fsp3) is 0.111. The summed E-state index contributed by atoms with van der Waals surface area (Å²) in [6, 6.07) is 12.9. The molecule has 1 aliphatic heterocycles. The first-order valence-electron chi connectivity index (χ1n) is 7.11. The SMILES string of the molecule is COc1ccc(/C=C2/N=C(c3cccc(I)c3)OC2=O)c(OC)c1. The molecule has 0 atom stereocenters. The zero-order chi connectivity index (χ0) is 17.1. The highest BCUT2D eigenvalue weighted by Crippen LogP contribution is 2.28. The van der Waals surface area contributed by atoms with Crippen molar-refractivity contribution in [3.8, 4) is 11.5 Å². The highest BCUT2D eigenvalue weighted by molar-refractivity contribution is 14.1. The van der Waals surface area contributed by atoms with Crippen LogP contribution in [0.25, 0.3) is 6.08 Å². The quantitative estimate of drug-likeness (QED) is 0.418. The van der Waals surface area contributed by atoms with Gasteiger partial charge < -0.3 is 14.2 Å². The Morgan fingerprint density at radius 3 is 2.67 bits per heavy atom. The molecular weight excluding hydrogens is 421 g/mol. The second kappa shape index (κ2) is 7.04. The highest BCUT2D eigenvalue weighted by Gasteiger charge is 2.24. The van der Waals surface area contributed by atoms with Crippen LogP contribution in [-0.2, 0) is 9.53 Å². The minimum atomic E-state index is -0.485. The average Bonchev–Trinajstić information content (AvgIpc) is 2.96. The van der Waals surface area contributed by atoms with Crippen molar-refractivity contribution in [2.45, 2.75) is 0 Å². The monoisotopic (exact) mass is 435 g/mol. The number of esters is 1. The summed E-state index contributed by atoms with van der Waals surface area (Å²) < 4.78 is 16.8. The molecule has 3 rings (SSSR count). The van der Waals surface area contributed by atoms with Crippen LogP contribution in [0.3, 0.4) is 0 Å². The van der Waals surface area contributed by atoms with E-state index in [2.05, 4.69) is 27.6 Å². The summed E-state index contributed by atoms with van der Waals surface area (Å²) in [5, 5.41) is 0. The van der Waals surface area contributed by atoms with E-state index in [0.717, 1.165) is 14.7 Å². The molecule has 0 aromatic heterocycles. The van der Waals surface area contributed by atoms with Gasteiger partial charge in [0.2, 0.25) is 5.90 Å². The third kappa shape index (κ3) is 3.43. The van der Waals surface area contributed by atoms with Gasteiger partial charge in [-0.05, 0) is 59.0 Å². The Morgan fingerprint density at radius 2 is 1.96 bits per heavy atom. The summed E-state index contributed by atoms with van der Waals surface area (Å²) >= 11 is 2.20. The average molecular weight is 435 g/mol. The van der Waals surface area contributed by atoms with Gasteiger partial charge in [-0.1, -0.05) is 6.07 Å². The van der Waals surface area contributed by atoms with Gasteiger partial charge in [-0.15, -0.1) is 0 Å². The summed E-state index contributed by atoms with van der Waals surface area (Å²) in [4.78, 5) is 16.4. The molecule has 6 heteroatoms. The van der Waals surface area contributed by atoms with Gasteiger partial charge in [-0.3, -0.25) is 0 Å². The summed E-state index contributed by atoms with van der Waals surface area (Å²) in [7, 11) is 3.14. The maximum Gasteiger partial charge on any atom is 0.363 e. The van der Waals surface area contributed by atoms with E-state index in [9.17, 15) is 4.79 Å². The van der Waals surface area contributed by atoms with Crippen molar-refractivity contribution in [1.82, 2.24) is 0 Å². The van der Waals surface area contributed by atoms with Crippen molar-refractivity contribution in [3.63, 3.8) is 0 Å². The minimum absolute atomic E-state index is 0.229. The van der Waals surface area contributed by atoms with E-state index in [1.165, 1.54) is 0 Å². The molecule has 0 spiro atoms. The number of rotatable bonds is 4. The van der Waals surface area contributed by atoms with E-state index in [0.29, 0.717) is 17.4 Å². The van der Waals surface area contributed by atoms with E-state index in [1.807, 2.05) is 24.3 Å². The standard InChI is InChI=1S/C18H14INO4/c1-22-14-7-6-11(16(10-14)23-2)9-15-18(21)24-17(20-15)12-4-3-5-13(19)8-12/h3-10H,1-2H3/b15-9+. The lowest BCUT2D eigenvalue weighted by Crippen LogP contribution is -2.05. The molecule has 0 saturated carbocycles. The Morgan fingerprint density at radius 1 is 1.12 bits per heavy atom. The van der Waals surface area contributed by atoms with Crippen LogP contribution < -0.4 is 9.47 Å². The molecule has 0 radical (unpaired) electrons. The number of hydrogen-bond donors (Lipinski definition) is 0. The summed E-state index contributed by atoms with van der Waals surface area (Å²) in [5.74, 6) is 1.08. The zero-order valence-corrected chi connectivity index (χ0v) is 15.2. The molecule has 0 saturated heterocycles. The lowest BCUT2D eigenvalue weighted by atomic mass is 10.1. The zero-order valence-electron chi connectivity index (χ0n) is 13.1. The molecule has 122 valence electrons. The maximum absolute atomic E-state index is 12.1. The van der Waals surface area contributed by atoms with Gasteiger partial charge in [0.1, 0.15) is 11.5 Å². The molecule has 0 fully saturated rings. The second-order valence-corrected chi connectivity index (χ2v) is 6.20. The van der Waals surface area contributed by atoms with E-state index in [-0.39, 0.29) is 5.70 Å². The van der Waals surface area contributed by atoms with Crippen molar-refractivity contribution < 1.29 is 19.0 Å². The van der Waals surface area contributed by atoms with Gasteiger partial charge >= 0.3 is 5.97 Å². The van der Waals surface area contributed by atoms with Gasteiger partial charge in [0.05, 0.1) is 14.2 Å². The van der Waals surface area contributed by atoms with Gasteiger partial charge in [0.15, 0.2) is 5.70 Å². The Kier molecular flexibility index (Phi) is 4.84. The van der Waals surface area contributed by atoms with E-state index >= 15 is 0 Å². The van der Waals surface area contributed by atoms with Crippen LogP contribution >= 0.6 is 22.6 Å². The molecule has 2 aromatic carbocycles. The summed E-state index contributed by atoms with van der Waals surface area (Å²) in [6.07, 6.45) is 1.64. The number of halogens is 1. The first kappa shape index (κ1) is 16.5. The first-order valence-corrected chi connectivity index (χ1v) is 8.19. The number of carbonyl (C=O) groups excluding carboxylic acids is 1. The van der Waals surface area contributed by atoms with Crippen molar-refractivity contribution in [1.29, 1.82) is 0 Å². The van der Waals surface area contributed by atoms with Gasteiger partial charge in [0.25, 0.3) is 0 Å². The third-order valence-electron chi connectivity index (χ3n) is 3.42. The van der Waals surface area contributed by atoms with Crippen molar-refractivity contribution in [2.75, 3.05) is 14.2 Å². The Bertz CT molecular complexity index is 858. The molecule has 5 nitrogen and oxygen atoms in total. The molecule has 0 amide bonds. The largest absolute Gasteiger partial charge is 0.497 e. The maximum atomic E-state index is 12.1. The normalized spacial score (nSPS) is 15.2. The number of benzene rings is 2. The number of aliphatic imine (C=N–C) groups is 1. The number of carbonyl (C=O) groups is 1. The number of nitrogens with zero attached hydrogens (tertiary/aromatic N) is 1. The number of cyclic esters (lactones) is 1. The predicted octanol–water partition coefficient (Wildman–Crippen LogP) is 3.65. The fourth-order valence-electron chi connectivity index (χ4n) is 2.24. The first-order chi connectivity index (χ1) is 11.6. The van der Waals surface area contributed by atoms with Gasteiger partial charge in [-0.2, -0.15) is 0 Å². The summed E-state index contributed by atoms with van der Waals surface area (Å²) in [5.41, 5.74) is 1.71. The van der Waals surface area contributed by atoms with Crippen LogP contribution in [-0.4, -0.2) is 26.1 Å². The van der Waals surface area contributed by atoms with E-state index in [1.54, 1.807) is 38.5 Å². The lowest BCUT2D eigenvalue weighted by Gasteiger charge is -2.07. The van der Waals surface area contributed by atoms with Crippen molar-refractivity contribution >= 4 is 40.5 Å². The van der Waals surface area contributed by atoms with Gasteiger partial charge in [0, 0.05) is 20.8 Å². The summed E-state index contributed by atoms with van der Waals surface area (Å²) in [6.45, 7) is 0. The number of methoxy groups -OCH3 is 2. The minimum Gasteiger partial charge on any atom is -0.497 e. The fourth-order valence-corrected chi connectivity index (χ4v) is 2.78. The van der Waals surface area contributed by atoms with Crippen LogP contribution in [0.15, 0.2) is 53.2 Å². The Labute approximate surface area is 153 Å². The molecular formula is C18H14INO4. The predicted molar refractivity (Wildman–Crippen MR) is 99.3 cm³/mol. The molecule has 0 N–H and O–H groups in total. The van der Waals surface area contributed by atoms with Crippen molar-refractivity contribution in [2.24, 2.45) is 4.99 Å². The smallest absolute Gasteiger partial charge is 0.363 e. The highest BCUT2D eigenvalue weighted by atomic mass is 127. The molecule has 0 unspecified atom stereocenters. The lowest BCUT2D eigenvalue weighted by molar-refractivity contribution is -0.129. The van der Waals surface area contributed by atoms with E-state index < -0.39 is 5.97 Å². The number of hydrogen-bond acceptors (Lipinski definition) is 5. The Hall–Kier alpha value is -2.35. The molecule has 2 aromatic rings. The van der Waals surface area contributed by atoms with Crippen molar-refractivity contribution in [3.05, 3.63) is 62.9 Å². The van der Waals surface area contributed by atoms with E-state index in [4.69, 9.17) is 14.2 Å². The van der Waals surface area contributed by atoms with Crippen LogP contribution in [0, 0.1) is 3.57 Å². The molecule has 1 heterocycles. The topological polar surface area (TPSA) is 57.1 Å². The molecule has 24 heavy (non-hydrogen) atoms. The molecule has 1 aliphatic rings. The Balaban J connectivity index is 1.97.